The van der Waals surface area contributed by atoms with Crippen molar-refractivity contribution in [1.29, 1.82) is 0 Å². The lowest BCUT2D eigenvalue weighted by Crippen LogP contribution is -2.65. The van der Waals surface area contributed by atoms with Gasteiger partial charge in [0.25, 0.3) is 0 Å². The molecule has 3 saturated carbocycles. The van der Waals surface area contributed by atoms with Crippen molar-refractivity contribution < 1.29 is 15.0 Å². The third kappa shape index (κ3) is 1.71. The molecular formula is C20H30O3. The van der Waals surface area contributed by atoms with Crippen LogP contribution in [0.3, 0.4) is 0 Å². The molecule has 0 radical (unpaired) electrons. The van der Waals surface area contributed by atoms with E-state index in [-0.39, 0.29) is 34.4 Å². The predicted octanol–water partition coefficient (Wildman–Crippen LogP) is 2.95. The van der Waals surface area contributed by atoms with Crippen molar-refractivity contribution in [3.05, 3.63) is 12.2 Å². The molecule has 0 aromatic carbocycles. The third-order valence-electron chi connectivity index (χ3n) is 8.23. The summed E-state index contributed by atoms with van der Waals surface area (Å²) in [6.07, 6.45) is 6.52. The SMILES string of the molecule is C[C@H]1C(=O)[C@]23C[C@H]1C[C@H](O)[C@H]2[C@]1(C)CC=CC(C)(C)[C@H]1C[C@H]3O. The summed E-state index contributed by atoms with van der Waals surface area (Å²) in [5.41, 5.74) is -0.810. The first kappa shape index (κ1) is 15.8. The average Bonchev–Trinajstić information content (AvgIpc) is 2.64. The zero-order chi connectivity index (χ0) is 16.8. The number of carbonyl (C=O) groups excluding carboxylic acids is 1. The highest BCUT2D eigenvalue weighted by Crippen LogP contribution is 2.70. The van der Waals surface area contributed by atoms with Crippen LogP contribution in [0, 0.1) is 39.9 Å². The Bertz CT molecular complexity index is 579. The molecule has 3 nitrogen and oxygen atoms in total. The summed E-state index contributed by atoms with van der Waals surface area (Å²) in [6, 6.07) is 0. The van der Waals surface area contributed by atoms with Gasteiger partial charge in [0.05, 0.1) is 17.6 Å². The summed E-state index contributed by atoms with van der Waals surface area (Å²) < 4.78 is 0. The van der Waals surface area contributed by atoms with E-state index in [4.69, 9.17) is 0 Å². The Hall–Kier alpha value is -0.670. The van der Waals surface area contributed by atoms with Crippen molar-refractivity contribution in [2.24, 2.45) is 39.9 Å². The molecule has 4 aliphatic rings. The van der Waals surface area contributed by atoms with Gasteiger partial charge in [0.15, 0.2) is 0 Å². The van der Waals surface area contributed by atoms with Gasteiger partial charge in [-0.2, -0.15) is 0 Å². The lowest BCUT2D eigenvalue weighted by molar-refractivity contribution is -0.209. The molecule has 0 aromatic heterocycles. The maximum atomic E-state index is 13.2. The van der Waals surface area contributed by atoms with E-state index in [1.54, 1.807) is 0 Å². The maximum Gasteiger partial charge on any atom is 0.145 e. The fraction of sp³-hybridized carbons (Fsp3) is 0.850. The summed E-state index contributed by atoms with van der Waals surface area (Å²) in [7, 11) is 0. The van der Waals surface area contributed by atoms with Crippen LogP contribution in [0.5, 0.6) is 0 Å². The third-order valence-corrected chi connectivity index (χ3v) is 8.23. The maximum absolute atomic E-state index is 13.2. The van der Waals surface area contributed by atoms with Crippen molar-refractivity contribution in [3.63, 3.8) is 0 Å². The first-order valence-electron chi connectivity index (χ1n) is 9.23. The fourth-order valence-corrected chi connectivity index (χ4v) is 7.32. The van der Waals surface area contributed by atoms with Gasteiger partial charge < -0.3 is 10.2 Å². The minimum Gasteiger partial charge on any atom is -0.393 e. The van der Waals surface area contributed by atoms with E-state index in [0.29, 0.717) is 12.3 Å². The van der Waals surface area contributed by atoms with Crippen LogP contribution in [-0.2, 0) is 4.79 Å². The number of ketones is 1. The number of aliphatic hydroxyl groups is 2. The zero-order valence-corrected chi connectivity index (χ0v) is 14.7. The Morgan fingerprint density at radius 1 is 1.17 bits per heavy atom. The number of Topliss-reactive ketones (excluding diaryl/α,β-unsaturated/α-hetero) is 1. The Balaban J connectivity index is 1.89. The second kappa shape index (κ2) is 4.49. The molecule has 3 heteroatoms. The van der Waals surface area contributed by atoms with Crippen LogP contribution < -0.4 is 0 Å². The Kier molecular flexibility index (Phi) is 3.09. The van der Waals surface area contributed by atoms with Crippen molar-refractivity contribution in [2.75, 3.05) is 0 Å². The normalized spacial score (nSPS) is 57.0. The number of carbonyl (C=O) groups is 1. The molecule has 0 aromatic rings. The molecule has 2 N–H and O–H groups in total. The van der Waals surface area contributed by atoms with E-state index in [2.05, 4.69) is 32.9 Å². The van der Waals surface area contributed by atoms with Crippen molar-refractivity contribution in [3.8, 4) is 0 Å². The largest absolute Gasteiger partial charge is 0.393 e. The lowest BCUT2D eigenvalue weighted by atomic mass is 9.41. The van der Waals surface area contributed by atoms with Crippen LogP contribution in [0.2, 0.25) is 0 Å². The number of rotatable bonds is 0. The molecule has 128 valence electrons. The van der Waals surface area contributed by atoms with Gasteiger partial charge in [-0.15, -0.1) is 0 Å². The van der Waals surface area contributed by atoms with Crippen molar-refractivity contribution in [1.82, 2.24) is 0 Å². The molecule has 3 fully saturated rings. The molecule has 1 spiro atoms. The second-order valence-corrected chi connectivity index (χ2v) is 9.68. The monoisotopic (exact) mass is 318 g/mol. The summed E-state index contributed by atoms with van der Waals surface area (Å²) >= 11 is 0. The number of hydrogen-bond donors (Lipinski definition) is 2. The van der Waals surface area contributed by atoms with E-state index in [1.165, 1.54) is 0 Å². The van der Waals surface area contributed by atoms with Gasteiger partial charge in [-0.1, -0.05) is 39.8 Å². The Labute approximate surface area is 139 Å². The molecule has 0 aliphatic heterocycles. The van der Waals surface area contributed by atoms with Crippen LogP contribution in [0.1, 0.15) is 53.4 Å². The van der Waals surface area contributed by atoms with Crippen LogP contribution in [0.4, 0.5) is 0 Å². The molecule has 0 heterocycles. The van der Waals surface area contributed by atoms with Gasteiger partial charge in [-0.3, -0.25) is 4.79 Å². The van der Waals surface area contributed by atoms with Gasteiger partial charge >= 0.3 is 0 Å². The van der Waals surface area contributed by atoms with E-state index < -0.39 is 17.6 Å². The number of allylic oxidation sites excluding steroid dienone is 2. The topological polar surface area (TPSA) is 57.5 Å². The van der Waals surface area contributed by atoms with Crippen LogP contribution in [-0.4, -0.2) is 28.2 Å². The van der Waals surface area contributed by atoms with E-state index in [9.17, 15) is 15.0 Å². The second-order valence-electron chi connectivity index (χ2n) is 9.68. The van der Waals surface area contributed by atoms with Gasteiger partial charge in [-0.05, 0) is 48.3 Å². The van der Waals surface area contributed by atoms with E-state index in [1.807, 2.05) is 6.92 Å². The van der Waals surface area contributed by atoms with Crippen molar-refractivity contribution in [2.45, 2.75) is 65.6 Å². The quantitative estimate of drug-likeness (QED) is 0.675. The molecule has 23 heavy (non-hydrogen) atoms. The molecule has 2 bridgehead atoms. The molecule has 0 unspecified atom stereocenters. The molecule has 4 rings (SSSR count). The Morgan fingerprint density at radius 3 is 2.57 bits per heavy atom. The van der Waals surface area contributed by atoms with Gasteiger partial charge in [0.1, 0.15) is 5.78 Å². The fourth-order valence-electron chi connectivity index (χ4n) is 7.32. The highest BCUT2D eigenvalue weighted by Gasteiger charge is 2.72. The molecule has 0 amide bonds. The van der Waals surface area contributed by atoms with Crippen LogP contribution in [0.15, 0.2) is 12.2 Å². The lowest BCUT2D eigenvalue weighted by Gasteiger charge is -2.64. The predicted molar refractivity (Wildman–Crippen MR) is 88.6 cm³/mol. The van der Waals surface area contributed by atoms with E-state index >= 15 is 0 Å². The summed E-state index contributed by atoms with van der Waals surface area (Å²) in [6.45, 7) is 8.73. The van der Waals surface area contributed by atoms with Gasteiger partial charge in [0.2, 0.25) is 0 Å². The highest BCUT2D eigenvalue weighted by atomic mass is 16.3. The molecular weight excluding hydrogens is 288 g/mol. The standard InChI is InChI=1S/C20H30O3/c1-11-12-8-13(21)16-19(4)7-5-6-18(2,3)14(19)9-15(22)20(16,10-12)17(11)23/h5-6,11-16,21-22H,7-10H2,1-4H3/t11-,12-,13+,14-,15-,16+,19-,20+/m1/s1. The highest BCUT2D eigenvalue weighted by molar-refractivity contribution is 5.91. The first-order valence-corrected chi connectivity index (χ1v) is 9.23. The number of aliphatic hydroxyl groups excluding tert-OH is 2. The van der Waals surface area contributed by atoms with Gasteiger partial charge in [-0.25, -0.2) is 0 Å². The van der Waals surface area contributed by atoms with Crippen LogP contribution >= 0.6 is 0 Å². The Morgan fingerprint density at radius 2 is 1.87 bits per heavy atom. The zero-order valence-electron chi connectivity index (χ0n) is 14.7. The summed E-state index contributed by atoms with van der Waals surface area (Å²) in [5, 5.41) is 22.1. The average molecular weight is 318 g/mol. The first-order chi connectivity index (χ1) is 10.6. The summed E-state index contributed by atoms with van der Waals surface area (Å²) in [4.78, 5) is 13.2. The smallest absolute Gasteiger partial charge is 0.145 e. The number of hydrogen-bond acceptors (Lipinski definition) is 3. The molecule has 8 atom stereocenters. The molecule has 4 aliphatic carbocycles. The number of fused-ring (bicyclic) bond motifs is 3. The van der Waals surface area contributed by atoms with Crippen LogP contribution in [0.25, 0.3) is 0 Å². The minimum absolute atomic E-state index is 0.000569. The van der Waals surface area contributed by atoms with E-state index in [0.717, 1.165) is 19.3 Å². The van der Waals surface area contributed by atoms with Gasteiger partial charge in [0, 0.05) is 11.8 Å². The summed E-state index contributed by atoms with van der Waals surface area (Å²) in [5.74, 6) is 0.651. The molecule has 0 saturated heterocycles. The van der Waals surface area contributed by atoms with Crippen molar-refractivity contribution >= 4 is 5.78 Å². The minimum atomic E-state index is -0.700.